The summed E-state index contributed by atoms with van der Waals surface area (Å²) in [6.07, 6.45) is 5.65. The Labute approximate surface area is 131 Å². The maximum absolute atomic E-state index is 12.5. The number of pyridine rings is 1. The fourth-order valence-electron chi connectivity index (χ4n) is 3.67. The molecule has 3 rings (SSSR count). The van der Waals surface area contributed by atoms with Crippen LogP contribution in [0.1, 0.15) is 31.4 Å². The number of amides is 2. The van der Waals surface area contributed by atoms with Gasteiger partial charge < -0.3 is 9.80 Å². The van der Waals surface area contributed by atoms with Gasteiger partial charge in [0.2, 0.25) is 11.8 Å². The molecule has 0 bridgehead atoms. The van der Waals surface area contributed by atoms with Gasteiger partial charge in [-0.2, -0.15) is 0 Å². The topological polar surface area (TPSA) is 53.5 Å². The van der Waals surface area contributed by atoms with Crippen LogP contribution in [0.4, 0.5) is 0 Å². The van der Waals surface area contributed by atoms with E-state index >= 15 is 0 Å². The zero-order chi connectivity index (χ0) is 15.6. The molecule has 2 amide bonds. The number of hydrogen-bond donors (Lipinski definition) is 0. The minimum Gasteiger partial charge on any atom is -0.345 e. The number of carbonyl (C=O) groups is 2. The highest BCUT2D eigenvalue weighted by atomic mass is 16.2. The van der Waals surface area contributed by atoms with Crippen molar-refractivity contribution < 1.29 is 9.59 Å². The Kier molecular flexibility index (Phi) is 4.14. The molecular formula is C17H23N3O2. The van der Waals surface area contributed by atoms with Crippen LogP contribution in [-0.2, 0) is 16.0 Å². The molecule has 5 nitrogen and oxygen atoms in total. The van der Waals surface area contributed by atoms with E-state index in [0.29, 0.717) is 25.9 Å². The number of carbonyl (C=O) groups excluding carboxylic acids is 2. The Morgan fingerprint density at radius 1 is 1.32 bits per heavy atom. The Morgan fingerprint density at radius 3 is 2.95 bits per heavy atom. The summed E-state index contributed by atoms with van der Waals surface area (Å²) in [5, 5.41) is 0. The molecular weight excluding hydrogens is 278 g/mol. The monoisotopic (exact) mass is 301 g/mol. The molecule has 1 aromatic rings. The van der Waals surface area contributed by atoms with Crippen LogP contribution in [0.25, 0.3) is 0 Å². The number of piperidine rings is 1. The fraction of sp³-hybridized carbons (Fsp3) is 0.588. The van der Waals surface area contributed by atoms with E-state index in [1.165, 1.54) is 0 Å². The van der Waals surface area contributed by atoms with E-state index < -0.39 is 0 Å². The lowest BCUT2D eigenvalue weighted by Gasteiger charge is -2.37. The third-order valence-electron chi connectivity index (χ3n) is 4.98. The molecule has 1 spiro atoms. The van der Waals surface area contributed by atoms with Gasteiger partial charge in [0.15, 0.2) is 0 Å². The Morgan fingerprint density at radius 2 is 2.18 bits per heavy atom. The van der Waals surface area contributed by atoms with Gasteiger partial charge in [0.1, 0.15) is 0 Å². The number of aryl methyl sites for hydroxylation is 1. The van der Waals surface area contributed by atoms with Crippen LogP contribution >= 0.6 is 0 Å². The second-order valence-electron chi connectivity index (χ2n) is 6.50. The Bertz CT molecular complexity index is 560. The van der Waals surface area contributed by atoms with Gasteiger partial charge in [-0.05, 0) is 37.8 Å². The second-order valence-corrected chi connectivity index (χ2v) is 6.50. The van der Waals surface area contributed by atoms with Crippen molar-refractivity contribution in [3.8, 4) is 0 Å². The minimum absolute atomic E-state index is 0.142. The highest BCUT2D eigenvalue weighted by Gasteiger charge is 2.48. The van der Waals surface area contributed by atoms with E-state index in [0.717, 1.165) is 31.5 Å². The zero-order valence-electron chi connectivity index (χ0n) is 13.1. The highest BCUT2D eigenvalue weighted by molar-refractivity contribution is 5.86. The van der Waals surface area contributed by atoms with Crippen molar-refractivity contribution >= 4 is 11.8 Å². The van der Waals surface area contributed by atoms with Crippen molar-refractivity contribution in [2.75, 3.05) is 26.7 Å². The van der Waals surface area contributed by atoms with Crippen molar-refractivity contribution in [3.63, 3.8) is 0 Å². The van der Waals surface area contributed by atoms with Crippen LogP contribution in [0.15, 0.2) is 24.4 Å². The maximum atomic E-state index is 12.5. The van der Waals surface area contributed by atoms with E-state index in [1.54, 1.807) is 6.20 Å². The molecule has 0 aromatic carbocycles. The molecule has 2 saturated heterocycles. The summed E-state index contributed by atoms with van der Waals surface area (Å²) in [5.41, 5.74) is 0.631. The van der Waals surface area contributed by atoms with Gasteiger partial charge in [-0.25, -0.2) is 0 Å². The van der Waals surface area contributed by atoms with Gasteiger partial charge in [0.25, 0.3) is 0 Å². The van der Waals surface area contributed by atoms with E-state index in [4.69, 9.17) is 0 Å². The lowest BCUT2D eigenvalue weighted by Crippen LogP contribution is -2.48. The Hall–Kier alpha value is -1.91. The molecule has 3 heterocycles. The molecule has 2 aliphatic rings. The zero-order valence-corrected chi connectivity index (χ0v) is 13.1. The average molecular weight is 301 g/mol. The molecule has 22 heavy (non-hydrogen) atoms. The molecule has 118 valence electrons. The van der Waals surface area contributed by atoms with Crippen molar-refractivity contribution in [1.82, 2.24) is 14.8 Å². The van der Waals surface area contributed by atoms with Gasteiger partial charge in [-0.1, -0.05) is 6.07 Å². The molecule has 0 aliphatic carbocycles. The molecule has 5 heteroatoms. The van der Waals surface area contributed by atoms with E-state index in [-0.39, 0.29) is 17.2 Å². The molecule has 2 fully saturated rings. The molecule has 0 radical (unpaired) electrons. The molecule has 0 saturated carbocycles. The number of rotatable bonds is 3. The standard InChI is InChI=1S/C17H23N3O2/c1-19-11-4-8-17(16(19)22)9-12-20(13-17)15(21)7-6-14-5-2-3-10-18-14/h2-3,5,10H,4,6-9,11-13H2,1H3/t17-/m0/s1. The molecule has 0 unspecified atom stereocenters. The second kappa shape index (κ2) is 6.07. The highest BCUT2D eigenvalue weighted by Crippen LogP contribution is 2.39. The third-order valence-corrected chi connectivity index (χ3v) is 4.98. The normalized spacial score (nSPS) is 25.0. The average Bonchev–Trinajstić information content (AvgIpc) is 2.97. The van der Waals surface area contributed by atoms with Crippen LogP contribution in [0.5, 0.6) is 0 Å². The quantitative estimate of drug-likeness (QED) is 0.850. The number of aromatic nitrogens is 1. The van der Waals surface area contributed by atoms with E-state index in [9.17, 15) is 9.59 Å². The molecule has 1 aromatic heterocycles. The van der Waals surface area contributed by atoms with Gasteiger partial charge in [0.05, 0.1) is 5.41 Å². The number of nitrogens with zero attached hydrogens (tertiary/aromatic N) is 3. The number of hydrogen-bond acceptors (Lipinski definition) is 3. The van der Waals surface area contributed by atoms with Crippen LogP contribution < -0.4 is 0 Å². The first-order chi connectivity index (χ1) is 10.6. The first-order valence-corrected chi connectivity index (χ1v) is 8.04. The lowest BCUT2D eigenvalue weighted by molar-refractivity contribution is -0.144. The van der Waals surface area contributed by atoms with Crippen molar-refractivity contribution in [2.24, 2.45) is 5.41 Å². The third kappa shape index (κ3) is 2.85. The van der Waals surface area contributed by atoms with Crippen molar-refractivity contribution in [2.45, 2.75) is 32.1 Å². The van der Waals surface area contributed by atoms with Gasteiger partial charge in [-0.15, -0.1) is 0 Å². The first-order valence-electron chi connectivity index (χ1n) is 8.04. The predicted molar refractivity (Wildman–Crippen MR) is 83.1 cm³/mol. The first kappa shape index (κ1) is 15.0. The maximum Gasteiger partial charge on any atom is 0.230 e. The fourth-order valence-corrected chi connectivity index (χ4v) is 3.67. The minimum atomic E-state index is -0.312. The Balaban J connectivity index is 1.58. The smallest absolute Gasteiger partial charge is 0.230 e. The summed E-state index contributed by atoms with van der Waals surface area (Å²) in [7, 11) is 1.87. The van der Waals surface area contributed by atoms with Crippen LogP contribution in [-0.4, -0.2) is 53.3 Å². The van der Waals surface area contributed by atoms with Crippen LogP contribution in [0.3, 0.4) is 0 Å². The van der Waals surface area contributed by atoms with E-state index in [1.807, 2.05) is 35.0 Å². The summed E-state index contributed by atoms with van der Waals surface area (Å²) in [6, 6.07) is 5.76. The van der Waals surface area contributed by atoms with Gasteiger partial charge in [0, 0.05) is 45.0 Å². The predicted octanol–water partition coefficient (Wildman–Crippen LogP) is 1.49. The van der Waals surface area contributed by atoms with Gasteiger partial charge >= 0.3 is 0 Å². The summed E-state index contributed by atoms with van der Waals surface area (Å²) < 4.78 is 0. The number of likely N-dealkylation sites (tertiary alicyclic amines) is 2. The summed E-state index contributed by atoms with van der Waals surface area (Å²) >= 11 is 0. The molecule has 0 N–H and O–H groups in total. The SMILES string of the molecule is CN1CCC[C@@]2(CCN(C(=O)CCc3ccccn3)C2)C1=O. The van der Waals surface area contributed by atoms with Crippen molar-refractivity contribution in [1.29, 1.82) is 0 Å². The summed E-state index contributed by atoms with van der Waals surface area (Å²) in [6.45, 7) is 2.14. The summed E-state index contributed by atoms with van der Waals surface area (Å²) in [4.78, 5) is 32.8. The van der Waals surface area contributed by atoms with Gasteiger partial charge in [-0.3, -0.25) is 14.6 Å². The van der Waals surface area contributed by atoms with Crippen LogP contribution in [0, 0.1) is 5.41 Å². The van der Waals surface area contributed by atoms with E-state index in [2.05, 4.69) is 4.98 Å². The lowest BCUT2D eigenvalue weighted by atomic mass is 9.78. The summed E-state index contributed by atoms with van der Waals surface area (Å²) in [5.74, 6) is 0.363. The van der Waals surface area contributed by atoms with Crippen LogP contribution in [0.2, 0.25) is 0 Å². The van der Waals surface area contributed by atoms with Crippen molar-refractivity contribution in [3.05, 3.63) is 30.1 Å². The molecule has 1 atom stereocenters. The largest absolute Gasteiger partial charge is 0.345 e. The molecule has 2 aliphatic heterocycles.